The molecule has 0 bridgehead atoms. The van der Waals surface area contributed by atoms with E-state index in [2.05, 4.69) is 4.90 Å². The summed E-state index contributed by atoms with van der Waals surface area (Å²) < 4.78 is 38.3. The van der Waals surface area contributed by atoms with Crippen LogP contribution in [0.1, 0.15) is 24.0 Å². The Balaban J connectivity index is 1.61. The van der Waals surface area contributed by atoms with E-state index in [1.165, 1.54) is 12.1 Å². The molecule has 0 amide bonds. The van der Waals surface area contributed by atoms with Crippen molar-refractivity contribution in [1.29, 1.82) is 0 Å². The number of fused-ring (bicyclic) bond motifs is 1. The lowest BCUT2D eigenvalue weighted by molar-refractivity contribution is 0.0537. The van der Waals surface area contributed by atoms with Crippen LogP contribution in [0.3, 0.4) is 0 Å². The highest BCUT2D eigenvalue weighted by atomic mass is 19.2. The van der Waals surface area contributed by atoms with Gasteiger partial charge in [0.25, 0.3) is 0 Å². The topological polar surface area (TPSA) is 21.7 Å². The van der Waals surface area contributed by atoms with E-state index in [4.69, 9.17) is 9.47 Å². The van der Waals surface area contributed by atoms with Gasteiger partial charge in [-0.3, -0.25) is 4.90 Å². The number of rotatable bonds is 3. The molecule has 0 aromatic heterocycles. The van der Waals surface area contributed by atoms with E-state index in [0.29, 0.717) is 13.2 Å². The Kier molecular flexibility index (Phi) is 4.12. The molecule has 2 aromatic carbocycles. The Morgan fingerprint density at radius 2 is 2.08 bits per heavy atom. The average Bonchev–Trinajstić information content (AvgIpc) is 2.99. The minimum Gasteiger partial charge on any atom is -0.496 e. The van der Waals surface area contributed by atoms with Gasteiger partial charge < -0.3 is 9.47 Å². The number of methoxy groups -OCH3 is 1. The van der Waals surface area contributed by atoms with E-state index in [0.717, 1.165) is 48.4 Å². The van der Waals surface area contributed by atoms with E-state index in [-0.39, 0.29) is 5.54 Å². The molecule has 2 aliphatic heterocycles. The smallest absolute Gasteiger partial charge is 0.159 e. The maximum atomic E-state index is 13.5. The zero-order valence-electron chi connectivity index (χ0n) is 14.2. The first-order valence-corrected chi connectivity index (χ1v) is 8.59. The zero-order chi connectivity index (χ0) is 17.4. The van der Waals surface area contributed by atoms with Gasteiger partial charge in [-0.1, -0.05) is 12.1 Å². The van der Waals surface area contributed by atoms with Crippen molar-refractivity contribution in [2.75, 3.05) is 20.3 Å². The van der Waals surface area contributed by atoms with Gasteiger partial charge in [0, 0.05) is 18.5 Å². The maximum Gasteiger partial charge on any atom is 0.159 e. The number of benzene rings is 2. The largest absolute Gasteiger partial charge is 0.496 e. The van der Waals surface area contributed by atoms with Crippen LogP contribution in [0.25, 0.3) is 0 Å². The lowest BCUT2D eigenvalue weighted by Crippen LogP contribution is -2.51. The number of nitrogens with zero attached hydrogens (tertiary/aromatic N) is 1. The van der Waals surface area contributed by atoms with Crippen molar-refractivity contribution in [3.63, 3.8) is 0 Å². The van der Waals surface area contributed by atoms with Crippen LogP contribution in [0.2, 0.25) is 0 Å². The second-order valence-electron chi connectivity index (χ2n) is 6.90. The van der Waals surface area contributed by atoms with E-state index in [1.54, 1.807) is 13.2 Å². The van der Waals surface area contributed by atoms with Gasteiger partial charge in [-0.2, -0.15) is 0 Å². The van der Waals surface area contributed by atoms with Gasteiger partial charge in [0.2, 0.25) is 0 Å². The van der Waals surface area contributed by atoms with Crippen molar-refractivity contribution >= 4 is 0 Å². The molecule has 1 atom stereocenters. The minimum absolute atomic E-state index is 0.119. The molecular weight excluding hydrogens is 324 g/mol. The van der Waals surface area contributed by atoms with Crippen molar-refractivity contribution in [1.82, 2.24) is 4.90 Å². The highest BCUT2D eigenvalue weighted by Crippen LogP contribution is 2.43. The highest BCUT2D eigenvalue weighted by Gasteiger charge is 2.45. The average molecular weight is 345 g/mol. The predicted molar refractivity (Wildman–Crippen MR) is 90.9 cm³/mol. The Morgan fingerprint density at radius 3 is 2.88 bits per heavy atom. The zero-order valence-corrected chi connectivity index (χ0v) is 14.2. The fraction of sp³-hybridized carbons (Fsp3) is 0.400. The quantitative estimate of drug-likeness (QED) is 0.841. The number of likely N-dealkylation sites (tertiary alicyclic amines) is 1. The number of halogens is 2. The normalized spacial score (nSPS) is 22.7. The fourth-order valence-electron chi connectivity index (χ4n) is 4.10. The molecule has 5 heteroatoms. The van der Waals surface area contributed by atoms with Gasteiger partial charge >= 0.3 is 0 Å². The third kappa shape index (κ3) is 2.86. The Hall–Kier alpha value is -2.14. The third-order valence-electron chi connectivity index (χ3n) is 5.41. The number of hydrogen-bond acceptors (Lipinski definition) is 3. The van der Waals surface area contributed by atoms with Gasteiger partial charge in [0.1, 0.15) is 18.1 Å². The first-order valence-electron chi connectivity index (χ1n) is 8.59. The van der Waals surface area contributed by atoms with E-state index >= 15 is 0 Å². The van der Waals surface area contributed by atoms with Crippen LogP contribution >= 0.6 is 0 Å². The SMILES string of the molecule is COc1cccc2c1CC1(CCCN1Cc1ccc(F)c(F)c1)CO2. The Labute approximate surface area is 146 Å². The van der Waals surface area contributed by atoms with Crippen molar-refractivity contribution in [2.45, 2.75) is 31.3 Å². The second kappa shape index (κ2) is 6.30. The maximum absolute atomic E-state index is 13.5. The monoisotopic (exact) mass is 345 g/mol. The van der Waals surface area contributed by atoms with Crippen LogP contribution in [0.15, 0.2) is 36.4 Å². The van der Waals surface area contributed by atoms with Crippen LogP contribution in [0, 0.1) is 11.6 Å². The summed E-state index contributed by atoms with van der Waals surface area (Å²) in [5, 5.41) is 0. The molecule has 1 fully saturated rings. The molecule has 0 aliphatic carbocycles. The standard InChI is InChI=1S/C20H21F2NO2/c1-24-18-4-2-5-19-15(18)11-20(13-25-19)8-3-9-23(20)12-14-6-7-16(21)17(22)10-14/h2,4-7,10H,3,8-9,11-13H2,1H3. The van der Waals surface area contributed by atoms with Crippen LogP contribution in [0.5, 0.6) is 11.5 Å². The fourth-order valence-corrected chi connectivity index (χ4v) is 4.10. The van der Waals surface area contributed by atoms with Crippen molar-refractivity contribution in [3.05, 3.63) is 59.2 Å². The second-order valence-corrected chi connectivity index (χ2v) is 6.90. The molecule has 1 saturated heterocycles. The van der Waals surface area contributed by atoms with Crippen molar-refractivity contribution < 1.29 is 18.3 Å². The number of ether oxygens (including phenoxy) is 2. The molecule has 132 valence electrons. The van der Waals surface area contributed by atoms with Crippen LogP contribution in [-0.4, -0.2) is 30.7 Å². The first kappa shape index (κ1) is 16.3. The predicted octanol–water partition coefficient (Wildman–Crippen LogP) is 3.94. The summed E-state index contributed by atoms with van der Waals surface area (Å²) in [6.07, 6.45) is 2.93. The molecule has 0 N–H and O–H groups in total. The molecule has 3 nitrogen and oxygen atoms in total. The third-order valence-corrected chi connectivity index (χ3v) is 5.41. The summed E-state index contributed by atoms with van der Waals surface area (Å²) in [5.41, 5.74) is 1.76. The summed E-state index contributed by atoms with van der Waals surface area (Å²) in [5.74, 6) is 0.123. The Bertz CT molecular complexity index is 781. The molecular formula is C20H21F2NO2. The van der Waals surface area contributed by atoms with Gasteiger partial charge in [-0.15, -0.1) is 0 Å². The van der Waals surface area contributed by atoms with Crippen molar-refractivity contribution in [3.8, 4) is 11.5 Å². The first-order chi connectivity index (χ1) is 12.1. The lowest BCUT2D eigenvalue weighted by atomic mass is 9.86. The van der Waals surface area contributed by atoms with Crippen molar-refractivity contribution in [2.24, 2.45) is 0 Å². The minimum atomic E-state index is -0.806. The molecule has 25 heavy (non-hydrogen) atoms. The van der Waals surface area contributed by atoms with Crippen LogP contribution < -0.4 is 9.47 Å². The van der Waals surface area contributed by atoms with Gasteiger partial charge in [0.05, 0.1) is 12.6 Å². The number of hydrogen-bond donors (Lipinski definition) is 0. The summed E-state index contributed by atoms with van der Waals surface area (Å²) in [7, 11) is 1.67. The Morgan fingerprint density at radius 1 is 1.20 bits per heavy atom. The molecule has 0 radical (unpaired) electrons. The molecule has 2 aromatic rings. The van der Waals surface area contributed by atoms with Gasteiger partial charge in [0.15, 0.2) is 11.6 Å². The van der Waals surface area contributed by atoms with Gasteiger partial charge in [-0.25, -0.2) is 8.78 Å². The molecule has 2 aliphatic rings. The molecule has 0 saturated carbocycles. The van der Waals surface area contributed by atoms with E-state index in [1.807, 2.05) is 18.2 Å². The molecule has 2 heterocycles. The molecule has 1 spiro atoms. The summed E-state index contributed by atoms with van der Waals surface area (Å²) >= 11 is 0. The highest BCUT2D eigenvalue weighted by molar-refractivity contribution is 5.47. The van der Waals surface area contributed by atoms with Crippen LogP contribution in [-0.2, 0) is 13.0 Å². The van der Waals surface area contributed by atoms with Crippen LogP contribution in [0.4, 0.5) is 8.78 Å². The summed E-state index contributed by atoms with van der Waals surface area (Å²) in [6, 6.07) is 10.0. The molecule has 1 unspecified atom stereocenters. The van der Waals surface area contributed by atoms with Gasteiger partial charge in [-0.05, 0) is 49.2 Å². The summed E-state index contributed by atoms with van der Waals surface area (Å²) in [6.45, 7) is 2.12. The summed E-state index contributed by atoms with van der Waals surface area (Å²) in [4.78, 5) is 2.34. The lowest BCUT2D eigenvalue weighted by Gasteiger charge is -2.42. The molecule has 4 rings (SSSR count). The van der Waals surface area contributed by atoms with E-state index in [9.17, 15) is 8.78 Å². The van der Waals surface area contributed by atoms with E-state index < -0.39 is 11.6 Å².